The first-order chi connectivity index (χ1) is 14.0. The van der Waals surface area contributed by atoms with E-state index in [0.717, 1.165) is 56.7 Å². The van der Waals surface area contributed by atoms with Gasteiger partial charge in [0.1, 0.15) is 5.82 Å². The standard InChI is InChI=1S/C21H29F2N5O/c1-16(20-24-17-7-3-4-8-18(17)28(20)21(22)23)26-13-11-25(12-14-26)15-19(29)27-9-5-2-6-10-27/h3-4,7-8,16,21H,2,5-6,9-15H2,1H3/t16-/m0/s1. The lowest BCUT2D eigenvalue weighted by molar-refractivity contribution is -0.133. The number of rotatable bonds is 5. The molecule has 0 spiro atoms. The fraction of sp³-hybridized carbons (Fsp3) is 0.619. The van der Waals surface area contributed by atoms with Gasteiger partial charge in [0.05, 0.1) is 23.6 Å². The number of aromatic nitrogens is 2. The summed E-state index contributed by atoms with van der Waals surface area (Å²) in [5, 5.41) is 0. The number of hydrogen-bond acceptors (Lipinski definition) is 4. The first kappa shape index (κ1) is 20.2. The van der Waals surface area contributed by atoms with E-state index in [1.165, 1.54) is 6.42 Å². The van der Waals surface area contributed by atoms with Gasteiger partial charge in [0, 0.05) is 39.3 Å². The second kappa shape index (κ2) is 8.75. The Labute approximate surface area is 170 Å². The van der Waals surface area contributed by atoms with Crippen molar-refractivity contribution in [3.05, 3.63) is 30.1 Å². The smallest absolute Gasteiger partial charge is 0.320 e. The van der Waals surface area contributed by atoms with Gasteiger partial charge in [-0.1, -0.05) is 12.1 Å². The van der Waals surface area contributed by atoms with Crippen LogP contribution in [0.2, 0.25) is 0 Å². The lowest BCUT2D eigenvalue weighted by Gasteiger charge is -2.38. The Hall–Kier alpha value is -2.06. The van der Waals surface area contributed by atoms with Crippen LogP contribution in [0.15, 0.2) is 24.3 Å². The van der Waals surface area contributed by atoms with Crippen molar-refractivity contribution in [2.75, 3.05) is 45.8 Å². The molecule has 2 aliphatic rings. The maximum Gasteiger partial charge on any atom is 0.320 e. The molecule has 3 heterocycles. The maximum absolute atomic E-state index is 13.8. The van der Waals surface area contributed by atoms with Gasteiger partial charge < -0.3 is 4.90 Å². The normalized spacial score (nSPS) is 20.5. The third kappa shape index (κ3) is 4.28. The van der Waals surface area contributed by atoms with Gasteiger partial charge in [0.25, 0.3) is 0 Å². The topological polar surface area (TPSA) is 44.6 Å². The number of carbonyl (C=O) groups is 1. The summed E-state index contributed by atoms with van der Waals surface area (Å²) in [6.07, 6.45) is 3.41. The highest BCUT2D eigenvalue weighted by molar-refractivity contribution is 5.78. The van der Waals surface area contributed by atoms with Crippen molar-refractivity contribution >= 4 is 16.9 Å². The molecule has 0 aliphatic carbocycles. The number of fused-ring (bicyclic) bond motifs is 1. The van der Waals surface area contributed by atoms with E-state index in [-0.39, 0.29) is 11.9 Å². The highest BCUT2D eigenvalue weighted by Gasteiger charge is 2.29. The highest BCUT2D eigenvalue weighted by Crippen LogP contribution is 2.29. The third-order valence-electron chi connectivity index (χ3n) is 6.21. The van der Waals surface area contributed by atoms with E-state index in [4.69, 9.17) is 0 Å². The number of hydrogen-bond donors (Lipinski definition) is 0. The number of likely N-dealkylation sites (tertiary alicyclic amines) is 1. The number of piperidine rings is 1. The molecule has 2 fully saturated rings. The quantitative estimate of drug-likeness (QED) is 0.767. The van der Waals surface area contributed by atoms with Crippen LogP contribution in [0.25, 0.3) is 11.0 Å². The molecule has 4 rings (SSSR count). The molecule has 2 saturated heterocycles. The largest absolute Gasteiger partial charge is 0.342 e. The third-order valence-corrected chi connectivity index (χ3v) is 6.21. The van der Waals surface area contributed by atoms with Gasteiger partial charge in [-0.2, -0.15) is 8.78 Å². The molecule has 1 aromatic heterocycles. The summed E-state index contributed by atoms with van der Waals surface area (Å²) < 4.78 is 28.6. The molecule has 0 saturated carbocycles. The number of alkyl halides is 2. The number of para-hydroxylation sites is 2. The van der Waals surface area contributed by atoms with Crippen molar-refractivity contribution in [2.45, 2.75) is 38.8 Å². The lowest BCUT2D eigenvalue weighted by atomic mass is 10.1. The van der Waals surface area contributed by atoms with Crippen LogP contribution in [0.5, 0.6) is 0 Å². The molecule has 29 heavy (non-hydrogen) atoms. The van der Waals surface area contributed by atoms with Crippen molar-refractivity contribution in [2.24, 2.45) is 0 Å². The average molecular weight is 405 g/mol. The van der Waals surface area contributed by atoms with Crippen LogP contribution < -0.4 is 0 Å². The Morgan fingerprint density at radius 1 is 1.03 bits per heavy atom. The summed E-state index contributed by atoms with van der Waals surface area (Å²) in [6, 6.07) is 6.83. The van der Waals surface area contributed by atoms with Crippen LogP contribution in [-0.4, -0.2) is 76.0 Å². The van der Waals surface area contributed by atoms with Crippen molar-refractivity contribution in [1.29, 1.82) is 0 Å². The molecule has 0 bridgehead atoms. The molecular formula is C21H29F2N5O. The van der Waals surface area contributed by atoms with E-state index in [1.54, 1.807) is 18.2 Å². The summed E-state index contributed by atoms with van der Waals surface area (Å²) >= 11 is 0. The first-order valence-electron chi connectivity index (χ1n) is 10.5. The van der Waals surface area contributed by atoms with Gasteiger partial charge in [-0.05, 0) is 38.3 Å². The van der Waals surface area contributed by atoms with Crippen molar-refractivity contribution in [1.82, 2.24) is 24.3 Å². The summed E-state index contributed by atoms with van der Waals surface area (Å²) in [4.78, 5) is 23.3. The second-order valence-corrected chi connectivity index (χ2v) is 8.04. The Kier molecular flexibility index (Phi) is 6.10. The van der Waals surface area contributed by atoms with Crippen molar-refractivity contribution < 1.29 is 13.6 Å². The minimum Gasteiger partial charge on any atom is -0.342 e. The first-order valence-corrected chi connectivity index (χ1v) is 10.5. The zero-order chi connectivity index (χ0) is 20.4. The average Bonchev–Trinajstić information content (AvgIpc) is 3.14. The monoisotopic (exact) mass is 405 g/mol. The van der Waals surface area contributed by atoms with Gasteiger partial charge in [0.15, 0.2) is 0 Å². The predicted molar refractivity (Wildman–Crippen MR) is 108 cm³/mol. The lowest BCUT2D eigenvalue weighted by Crippen LogP contribution is -2.51. The number of benzene rings is 1. The van der Waals surface area contributed by atoms with Crippen LogP contribution in [0.1, 0.15) is 44.6 Å². The number of carbonyl (C=O) groups excluding carboxylic acids is 1. The molecule has 0 unspecified atom stereocenters. The number of piperazine rings is 1. The molecule has 158 valence electrons. The van der Waals surface area contributed by atoms with Crippen LogP contribution in [0.4, 0.5) is 8.78 Å². The molecule has 2 aliphatic heterocycles. The number of halogens is 2. The Morgan fingerprint density at radius 2 is 1.72 bits per heavy atom. The molecule has 1 amide bonds. The maximum atomic E-state index is 13.8. The Balaban J connectivity index is 1.39. The summed E-state index contributed by atoms with van der Waals surface area (Å²) in [7, 11) is 0. The molecule has 0 radical (unpaired) electrons. The van der Waals surface area contributed by atoms with Crippen LogP contribution in [0.3, 0.4) is 0 Å². The number of amides is 1. The van der Waals surface area contributed by atoms with Gasteiger partial charge >= 0.3 is 6.55 Å². The van der Waals surface area contributed by atoms with Crippen molar-refractivity contribution in [3.8, 4) is 0 Å². The van der Waals surface area contributed by atoms with E-state index in [2.05, 4.69) is 14.8 Å². The minimum atomic E-state index is -2.62. The number of nitrogens with zero attached hydrogens (tertiary/aromatic N) is 5. The van der Waals surface area contributed by atoms with Crippen LogP contribution >= 0.6 is 0 Å². The van der Waals surface area contributed by atoms with E-state index < -0.39 is 6.55 Å². The minimum absolute atomic E-state index is 0.212. The SMILES string of the molecule is C[C@@H](c1nc2ccccc2n1C(F)F)N1CCN(CC(=O)N2CCCCC2)CC1. The van der Waals surface area contributed by atoms with E-state index in [1.807, 2.05) is 17.9 Å². The van der Waals surface area contributed by atoms with Crippen molar-refractivity contribution in [3.63, 3.8) is 0 Å². The van der Waals surface area contributed by atoms with Gasteiger partial charge in [-0.15, -0.1) is 0 Å². The zero-order valence-corrected chi connectivity index (χ0v) is 16.9. The summed E-state index contributed by atoms with van der Waals surface area (Å²) in [5.41, 5.74) is 1.07. The zero-order valence-electron chi connectivity index (χ0n) is 16.9. The summed E-state index contributed by atoms with van der Waals surface area (Å²) in [5.74, 6) is 0.615. The fourth-order valence-electron chi connectivity index (χ4n) is 4.47. The fourth-order valence-corrected chi connectivity index (χ4v) is 4.47. The highest BCUT2D eigenvalue weighted by atomic mass is 19.3. The molecule has 1 aromatic carbocycles. The molecular weight excluding hydrogens is 376 g/mol. The number of imidazole rings is 1. The summed E-state index contributed by atoms with van der Waals surface area (Å²) in [6.45, 7) is 4.52. The molecule has 2 aromatic rings. The van der Waals surface area contributed by atoms with Gasteiger partial charge in [-0.25, -0.2) is 4.98 Å². The van der Waals surface area contributed by atoms with Gasteiger partial charge in [0.2, 0.25) is 5.91 Å². The molecule has 8 heteroatoms. The molecule has 0 N–H and O–H groups in total. The van der Waals surface area contributed by atoms with Crippen LogP contribution in [0, 0.1) is 0 Å². The van der Waals surface area contributed by atoms with Gasteiger partial charge in [-0.3, -0.25) is 19.2 Å². The second-order valence-electron chi connectivity index (χ2n) is 8.04. The van der Waals surface area contributed by atoms with E-state index in [9.17, 15) is 13.6 Å². The Morgan fingerprint density at radius 3 is 2.41 bits per heavy atom. The van der Waals surface area contributed by atoms with Crippen LogP contribution in [-0.2, 0) is 4.79 Å². The molecule has 6 nitrogen and oxygen atoms in total. The predicted octanol–water partition coefficient (Wildman–Crippen LogP) is 3.12. The van der Waals surface area contributed by atoms with E-state index >= 15 is 0 Å². The molecule has 1 atom stereocenters. The Bertz CT molecular complexity index is 841. The van der Waals surface area contributed by atoms with E-state index in [0.29, 0.717) is 23.4 Å².